The Bertz CT molecular complexity index is 291. The molecule has 1 aromatic rings. The summed E-state index contributed by atoms with van der Waals surface area (Å²) in [5, 5.41) is 0. The van der Waals surface area contributed by atoms with E-state index in [0.717, 1.165) is 5.69 Å². The highest BCUT2D eigenvalue weighted by Gasteiger charge is 2.11. The van der Waals surface area contributed by atoms with Crippen LogP contribution < -0.4 is 0 Å². The zero-order chi connectivity index (χ0) is 10.6. The van der Waals surface area contributed by atoms with Gasteiger partial charge in [-0.05, 0) is 44.2 Å². The van der Waals surface area contributed by atoms with Crippen LogP contribution in [0.25, 0.3) is 0 Å². The highest BCUT2D eigenvalue weighted by atomic mass is 14.7. The normalized spacial score (nSPS) is 12.9. The lowest BCUT2D eigenvalue weighted by atomic mass is 9.91. The molecule has 0 aromatic carbocycles. The average Bonchev–Trinajstić information content (AvgIpc) is 2.15. The van der Waals surface area contributed by atoms with Gasteiger partial charge in [0.2, 0.25) is 0 Å². The molecule has 0 saturated heterocycles. The third kappa shape index (κ3) is 2.57. The summed E-state index contributed by atoms with van der Waals surface area (Å²) in [7, 11) is 0. The quantitative estimate of drug-likeness (QED) is 0.701. The number of aryl methyl sites for hydroxylation is 2. The first-order chi connectivity index (χ1) is 6.69. The topological polar surface area (TPSA) is 12.9 Å². The van der Waals surface area contributed by atoms with Crippen LogP contribution in [0.1, 0.15) is 56.0 Å². The third-order valence-corrected chi connectivity index (χ3v) is 2.84. The van der Waals surface area contributed by atoms with Crippen molar-refractivity contribution in [2.75, 3.05) is 0 Å². The largest absolute Gasteiger partial charge is 0.258 e. The molecule has 1 unspecified atom stereocenters. The Morgan fingerprint density at radius 2 is 1.93 bits per heavy atom. The van der Waals surface area contributed by atoms with E-state index < -0.39 is 0 Å². The first kappa shape index (κ1) is 11.2. The highest BCUT2D eigenvalue weighted by Crippen LogP contribution is 2.26. The van der Waals surface area contributed by atoms with Crippen LogP contribution in [0, 0.1) is 13.8 Å². The van der Waals surface area contributed by atoms with Gasteiger partial charge in [0, 0.05) is 11.4 Å². The van der Waals surface area contributed by atoms with Crippen LogP contribution in [0.5, 0.6) is 0 Å². The predicted molar refractivity (Wildman–Crippen MR) is 61.7 cm³/mol. The monoisotopic (exact) mass is 191 g/mol. The minimum absolute atomic E-state index is 0.702. The molecule has 0 aliphatic rings. The van der Waals surface area contributed by atoms with E-state index in [9.17, 15) is 0 Å². The fraction of sp³-hybridized carbons (Fsp3) is 0.615. The van der Waals surface area contributed by atoms with Gasteiger partial charge in [0.1, 0.15) is 0 Å². The highest BCUT2D eigenvalue weighted by molar-refractivity contribution is 5.25. The van der Waals surface area contributed by atoms with Gasteiger partial charge < -0.3 is 0 Å². The fourth-order valence-electron chi connectivity index (χ4n) is 2.06. The van der Waals surface area contributed by atoms with Gasteiger partial charge in [-0.3, -0.25) is 4.98 Å². The van der Waals surface area contributed by atoms with Gasteiger partial charge in [0.15, 0.2) is 0 Å². The van der Waals surface area contributed by atoms with Gasteiger partial charge in [0.25, 0.3) is 0 Å². The molecule has 1 nitrogen and oxygen atoms in total. The van der Waals surface area contributed by atoms with Crippen molar-refractivity contribution in [3.05, 3.63) is 29.1 Å². The molecule has 0 amide bonds. The third-order valence-electron chi connectivity index (χ3n) is 2.84. The van der Waals surface area contributed by atoms with E-state index in [-0.39, 0.29) is 0 Å². The molecule has 14 heavy (non-hydrogen) atoms. The molecule has 1 heterocycles. The van der Waals surface area contributed by atoms with Crippen LogP contribution in [-0.4, -0.2) is 4.98 Å². The summed E-state index contributed by atoms with van der Waals surface area (Å²) in [5.41, 5.74) is 3.78. The van der Waals surface area contributed by atoms with Crippen molar-refractivity contribution in [3.8, 4) is 0 Å². The van der Waals surface area contributed by atoms with Gasteiger partial charge >= 0.3 is 0 Å². The SMILES string of the molecule is CCCC(CC)c1ccc(C)nc1C. The zero-order valence-electron chi connectivity index (χ0n) is 9.80. The molecule has 1 aromatic heterocycles. The number of aromatic nitrogens is 1. The van der Waals surface area contributed by atoms with E-state index in [1.807, 2.05) is 0 Å². The van der Waals surface area contributed by atoms with E-state index in [1.165, 1.54) is 30.5 Å². The maximum atomic E-state index is 4.52. The lowest BCUT2D eigenvalue weighted by molar-refractivity contribution is 0.590. The molecular formula is C13H21N. The summed E-state index contributed by atoms with van der Waals surface area (Å²) < 4.78 is 0. The summed E-state index contributed by atoms with van der Waals surface area (Å²) in [6.45, 7) is 8.69. The number of pyridine rings is 1. The summed E-state index contributed by atoms with van der Waals surface area (Å²) in [4.78, 5) is 4.52. The Kier molecular flexibility index (Phi) is 4.12. The molecule has 0 aliphatic carbocycles. The minimum Gasteiger partial charge on any atom is -0.258 e. The van der Waals surface area contributed by atoms with Crippen LogP contribution in [0.4, 0.5) is 0 Å². The standard InChI is InChI=1S/C13H21N/c1-5-7-12(6-2)13-9-8-10(3)14-11(13)4/h8-9,12H,5-7H2,1-4H3. The molecular weight excluding hydrogens is 170 g/mol. The average molecular weight is 191 g/mol. The summed E-state index contributed by atoms with van der Waals surface area (Å²) in [6, 6.07) is 4.38. The predicted octanol–water partition coefficient (Wildman–Crippen LogP) is 3.99. The Hall–Kier alpha value is -0.850. The molecule has 0 bridgehead atoms. The van der Waals surface area contributed by atoms with E-state index in [1.54, 1.807) is 0 Å². The minimum atomic E-state index is 0.702. The Labute approximate surface area is 87.6 Å². The van der Waals surface area contributed by atoms with Crippen molar-refractivity contribution in [1.82, 2.24) is 4.98 Å². The zero-order valence-corrected chi connectivity index (χ0v) is 9.80. The van der Waals surface area contributed by atoms with Gasteiger partial charge in [-0.1, -0.05) is 26.3 Å². The van der Waals surface area contributed by atoms with E-state index in [4.69, 9.17) is 0 Å². The van der Waals surface area contributed by atoms with Gasteiger partial charge in [0.05, 0.1) is 0 Å². The lowest BCUT2D eigenvalue weighted by Crippen LogP contribution is -2.02. The van der Waals surface area contributed by atoms with E-state index >= 15 is 0 Å². The lowest BCUT2D eigenvalue weighted by Gasteiger charge is -2.16. The first-order valence-electron chi connectivity index (χ1n) is 5.63. The Morgan fingerprint density at radius 1 is 1.21 bits per heavy atom. The van der Waals surface area contributed by atoms with Gasteiger partial charge in [-0.25, -0.2) is 0 Å². The molecule has 0 N–H and O–H groups in total. The Balaban J connectivity index is 2.92. The van der Waals surface area contributed by atoms with E-state index in [2.05, 4.69) is 44.8 Å². The van der Waals surface area contributed by atoms with Crippen molar-refractivity contribution >= 4 is 0 Å². The second kappa shape index (κ2) is 5.14. The van der Waals surface area contributed by atoms with Gasteiger partial charge in [-0.15, -0.1) is 0 Å². The summed E-state index contributed by atoms with van der Waals surface area (Å²) >= 11 is 0. The second-order valence-electron chi connectivity index (χ2n) is 4.02. The number of hydrogen-bond donors (Lipinski definition) is 0. The fourth-order valence-corrected chi connectivity index (χ4v) is 2.06. The maximum Gasteiger partial charge on any atom is 0.0410 e. The van der Waals surface area contributed by atoms with E-state index in [0.29, 0.717) is 5.92 Å². The van der Waals surface area contributed by atoms with Crippen LogP contribution >= 0.6 is 0 Å². The van der Waals surface area contributed by atoms with Crippen LogP contribution in [-0.2, 0) is 0 Å². The van der Waals surface area contributed by atoms with Crippen molar-refractivity contribution in [3.63, 3.8) is 0 Å². The van der Waals surface area contributed by atoms with Crippen LogP contribution in [0.2, 0.25) is 0 Å². The molecule has 1 atom stereocenters. The molecule has 78 valence electrons. The first-order valence-corrected chi connectivity index (χ1v) is 5.63. The molecule has 0 saturated carbocycles. The maximum absolute atomic E-state index is 4.52. The molecule has 0 radical (unpaired) electrons. The number of rotatable bonds is 4. The van der Waals surface area contributed by atoms with Crippen molar-refractivity contribution < 1.29 is 0 Å². The van der Waals surface area contributed by atoms with Crippen LogP contribution in [0.3, 0.4) is 0 Å². The summed E-state index contributed by atoms with van der Waals surface area (Å²) in [5.74, 6) is 0.702. The van der Waals surface area contributed by atoms with Crippen molar-refractivity contribution in [2.24, 2.45) is 0 Å². The molecule has 1 rings (SSSR count). The Morgan fingerprint density at radius 3 is 2.43 bits per heavy atom. The number of hydrogen-bond acceptors (Lipinski definition) is 1. The molecule has 0 spiro atoms. The summed E-state index contributed by atoms with van der Waals surface area (Å²) in [6.07, 6.45) is 3.76. The second-order valence-corrected chi connectivity index (χ2v) is 4.02. The molecule has 1 heteroatoms. The van der Waals surface area contributed by atoms with Gasteiger partial charge in [-0.2, -0.15) is 0 Å². The smallest absolute Gasteiger partial charge is 0.0410 e. The molecule has 0 aliphatic heterocycles. The van der Waals surface area contributed by atoms with Crippen molar-refractivity contribution in [1.29, 1.82) is 0 Å². The van der Waals surface area contributed by atoms with Crippen LogP contribution in [0.15, 0.2) is 12.1 Å². The van der Waals surface area contributed by atoms with Crippen molar-refractivity contribution in [2.45, 2.75) is 52.9 Å². The molecule has 0 fully saturated rings. The number of nitrogens with zero attached hydrogens (tertiary/aromatic N) is 1.